The van der Waals surface area contributed by atoms with E-state index in [0.29, 0.717) is 10.9 Å². The van der Waals surface area contributed by atoms with Crippen LogP contribution in [0, 0.1) is 0 Å². The maximum absolute atomic E-state index is 6.03. The Bertz CT molecular complexity index is 962. The molecule has 1 heterocycles. The monoisotopic (exact) mass is 331 g/mol. The third kappa shape index (κ3) is 2.97. The summed E-state index contributed by atoms with van der Waals surface area (Å²) in [5.74, 6) is 0.565. The minimum atomic E-state index is 0.565. The van der Waals surface area contributed by atoms with Crippen molar-refractivity contribution in [2.45, 2.75) is 0 Å². The second-order valence-corrected chi connectivity index (χ2v) is 5.89. The molecule has 4 aromatic rings. The molecule has 0 amide bonds. The van der Waals surface area contributed by atoms with Gasteiger partial charge in [-0.05, 0) is 34.9 Å². The van der Waals surface area contributed by atoms with E-state index >= 15 is 0 Å². The molecule has 0 N–H and O–H groups in total. The van der Waals surface area contributed by atoms with E-state index < -0.39 is 0 Å². The Morgan fingerprint density at radius 2 is 1.46 bits per heavy atom. The van der Waals surface area contributed by atoms with Gasteiger partial charge in [0.25, 0.3) is 0 Å². The summed E-state index contributed by atoms with van der Waals surface area (Å²) in [5, 5.41) is 0.651. The summed E-state index contributed by atoms with van der Waals surface area (Å²) in [7, 11) is 0. The van der Waals surface area contributed by atoms with Crippen molar-refractivity contribution in [3.05, 3.63) is 101 Å². The minimum absolute atomic E-state index is 0.565. The molecule has 0 aliphatic heterocycles. The van der Waals surface area contributed by atoms with E-state index in [2.05, 4.69) is 29.2 Å². The van der Waals surface area contributed by atoms with Gasteiger partial charge in [-0.2, -0.15) is 0 Å². The molecule has 0 radical (unpaired) electrons. The lowest BCUT2D eigenvalue weighted by atomic mass is 9.98. The predicted molar refractivity (Wildman–Crippen MR) is 98.9 cm³/mol. The van der Waals surface area contributed by atoms with Gasteiger partial charge in [0, 0.05) is 11.1 Å². The highest BCUT2D eigenvalue weighted by Gasteiger charge is 2.09. The van der Waals surface area contributed by atoms with E-state index in [1.807, 2.05) is 54.6 Å². The lowest BCUT2D eigenvalue weighted by Gasteiger charge is -2.07. The number of hydrogen-bond donors (Lipinski definition) is 0. The summed E-state index contributed by atoms with van der Waals surface area (Å²) in [6, 6.07) is 25.9. The molecule has 4 rings (SSSR count). The van der Waals surface area contributed by atoms with Crippen LogP contribution in [0.2, 0.25) is 5.02 Å². The molecular weight excluding hydrogens is 318 g/mol. The quantitative estimate of drug-likeness (QED) is 0.455. The van der Waals surface area contributed by atoms with E-state index in [4.69, 9.17) is 16.0 Å². The Morgan fingerprint density at radius 3 is 2.08 bits per heavy atom. The highest BCUT2D eigenvalue weighted by molar-refractivity contribution is 6.31. The molecule has 0 atom stereocenters. The number of hydrogen-bond acceptors (Lipinski definition) is 2. The molecule has 2 nitrogen and oxygen atoms in total. The lowest BCUT2D eigenvalue weighted by molar-refractivity contribution is 0.589. The zero-order valence-corrected chi connectivity index (χ0v) is 13.6. The number of halogens is 1. The van der Waals surface area contributed by atoms with Gasteiger partial charge in [-0.3, -0.25) is 0 Å². The Balaban J connectivity index is 1.87. The zero-order valence-electron chi connectivity index (χ0n) is 12.8. The van der Waals surface area contributed by atoms with E-state index in [1.54, 1.807) is 6.07 Å². The molecular formula is C21H14ClNO. The number of nitrogens with zero attached hydrogens (tertiary/aromatic N) is 1. The molecule has 3 aromatic carbocycles. The summed E-state index contributed by atoms with van der Waals surface area (Å²) >= 11 is 6.03. The molecule has 0 unspecified atom stereocenters. The molecule has 0 saturated heterocycles. The first-order valence-corrected chi connectivity index (χ1v) is 8.06. The average Bonchev–Trinajstić information content (AvgIpc) is 3.03. The van der Waals surface area contributed by atoms with Gasteiger partial charge in [0.05, 0.1) is 0 Å². The molecule has 24 heavy (non-hydrogen) atoms. The molecule has 3 heteroatoms. The Labute approximate surface area is 145 Å². The van der Waals surface area contributed by atoms with Crippen LogP contribution < -0.4 is 0 Å². The molecule has 0 fully saturated rings. The van der Waals surface area contributed by atoms with Crippen LogP contribution in [0.4, 0.5) is 0 Å². The molecule has 116 valence electrons. The summed E-state index contributed by atoms with van der Waals surface area (Å²) in [5.41, 5.74) is 4.78. The number of benzene rings is 3. The maximum atomic E-state index is 6.03. The summed E-state index contributed by atoms with van der Waals surface area (Å²) in [4.78, 5) is 4.54. The van der Waals surface area contributed by atoms with Crippen LogP contribution in [0.1, 0.15) is 17.0 Å². The number of rotatable bonds is 3. The third-order valence-electron chi connectivity index (χ3n) is 3.80. The summed E-state index contributed by atoms with van der Waals surface area (Å²) in [6.07, 6.45) is 1.97. The van der Waals surface area contributed by atoms with Gasteiger partial charge in [0.1, 0.15) is 5.52 Å². The van der Waals surface area contributed by atoms with Gasteiger partial charge in [-0.1, -0.05) is 72.3 Å². The highest BCUT2D eigenvalue weighted by atomic mass is 35.5. The van der Waals surface area contributed by atoms with Gasteiger partial charge >= 0.3 is 0 Å². The Hall–Kier alpha value is -2.84. The van der Waals surface area contributed by atoms with Gasteiger partial charge in [-0.25, -0.2) is 4.98 Å². The van der Waals surface area contributed by atoms with Crippen molar-refractivity contribution < 1.29 is 4.42 Å². The van der Waals surface area contributed by atoms with Crippen LogP contribution in [0.25, 0.3) is 22.7 Å². The minimum Gasteiger partial charge on any atom is -0.437 e. The van der Waals surface area contributed by atoms with Gasteiger partial charge < -0.3 is 4.42 Å². The van der Waals surface area contributed by atoms with Crippen molar-refractivity contribution >= 4 is 34.3 Å². The number of fused-ring (bicyclic) bond motifs is 1. The smallest absolute Gasteiger partial charge is 0.220 e. The van der Waals surface area contributed by atoms with E-state index in [1.165, 1.54) is 0 Å². The van der Waals surface area contributed by atoms with Crippen LogP contribution in [-0.2, 0) is 0 Å². The lowest BCUT2D eigenvalue weighted by Crippen LogP contribution is -1.87. The van der Waals surface area contributed by atoms with Gasteiger partial charge in [0.15, 0.2) is 5.58 Å². The second-order valence-electron chi connectivity index (χ2n) is 5.45. The SMILES string of the molecule is Clc1ccc2oc(C=C(c3ccccc3)c3ccccc3)nc2c1. The van der Waals surface area contributed by atoms with Crippen LogP contribution >= 0.6 is 11.6 Å². The molecule has 0 saturated carbocycles. The fraction of sp³-hybridized carbons (Fsp3) is 0. The topological polar surface area (TPSA) is 26.0 Å². The number of oxazole rings is 1. The van der Waals surface area contributed by atoms with Crippen molar-refractivity contribution in [2.75, 3.05) is 0 Å². The van der Waals surface area contributed by atoms with E-state index in [0.717, 1.165) is 27.8 Å². The first-order valence-electron chi connectivity index (χ1n) is 7.68. The van der Waals surface area contributed by atoms with E-state index in [9.17, 15) is 0 Å². The molecule has 1 aromatic heterocycles. The van der Waals surface area contributed by atoms with Crippen molar-refractivity contribution in [1.29, 1.82) is 0 Å². The van der Waals surface area contributed by atoms with Gasteiger partial charge in [-0.15, -0.1) is 0 Å². The summed E-state index contributed by atoms with van der Waals surface area (Å²) in [6.45, 7) is 0. The predicted octanol–water partition coefficient (Wildman–Crippen LogP) is 6.07. The summed E-state index contributed by atoms with van der Waals surface area (Å²) < 4.78 is 5.85. The van der Waals surface area contributed by atoms with Gasteiger partial charge in [0.2, 0.25) is 5.89 Å². The largest absolute Gasteiger partial charge is 0.437 e. The average molecular weight is 332 g/mol. The Kier molecular flexibility index (Phi) is 3.89. The molecule has 0 aliphatic rings. The number of aromatic nitrogens is 1. The van der Waals surface area contributed by atoms with E-state index in [-0.39, 0.29) is 0 Å². The first-order chi connectivity index (χ1) is 11.8. The fourth-order valence-corrected chi connectivity index (χ4v) is 2.84. The molecule has 0 bridgehead atoms. The van der Waals surface area contributed by atoms with Crippen molar-refractivity contribution in [3.63, 3.8) is 0 Å². The Morgan fingerprint density at radius 1 is 0.833 bits per heavy atom. The highest BCUT2D eigenvalue weighted by Crippen LogP contribution is 2.27. The maximum Gasteiger partial charge on any atom is 0.220 e. The standard InChI is InChI=1S/C21H14ClNO/c22-17-11-12-20-19(13-17)23-21(24-20)14-18(15-7-3-1-4-8-15)16-9-5-2-6-10-16/h1-14H. The normalized spacial score (nSPS) is 10.7. The van der Waals surface area contributed by atoms with Crippen LogP contribution in [0.5, 0.6) is 0 Å². The van der Waals surface area contributed by atoms with Crippen LogP contribution in [0.3, 0.4) is 0 Å². The van der Waals surface area contributed by atoms with Crippen LogP contribution in [-0.4, -0.2) is 4.98 Å². The van der Waals surface area contributed by atoms with Crippen molar-refractivity contribution in [2.24, 2.45) is 0 Å². The molecule has 0 aliphatic carbocycles. The first kappa shape index (κ1) is 14.7. The zero-order chi connectivity index (χ0) is 16.4. The fourth-order valence-electron chi connectivity index (χ4n) is 2.67. The van der Waals surface area contributed by atoms with Crippen LogP contribution in [0.15, 0.2) is 83.3 Å². The molecule has 0 spiro atoms. The van der Waals surface area contributed by atoms with Crippen molar-refractivity contribution in [1.82, 2.24) is 4.98 Å². The van der Waals surface area contributed by atoms with Crippen molar-refractivity contribution in [3.8, 4) is 0 Å². The third-order valence-corrected chi connectivity index (χ3v) is 4.04. The second kappa shape index (κ2) is 6.34.